The highest BCUT2D eigenvalue weighted by Crippen LogP contribution is 2.25. The first kappa shape index (κ1) is 24.7. The Balaban J connectivity index is 1.43. The number of piperazine rings is 1. The zero-order chi connectivity index (χ0) is 24.2. The van der Waals surface area contributed by atoms with E-state index in [1.807, 2.05) is 35.2 Å². The number of carbonyl (C=O) groups excluding carboxylic acids is 1. The largest absolute Gasteiger partial charge is 0.386 e. The van der Waals surface area contributed by atoms with Gasteiger partial charge in [0, 0.05) is 67.0 Å². The van der Waals surface area contributed by atoms with Crippen LogP contribution in [0.1, 0.15) is 27.9 Å². The van der Waals surface area contributed by atoms with Crippen molar-refractivity contribution >= 4 is 40.7 Å². The molecule has 0 aliphatic carbocycles. The number of nitrogens with zero attached hydrogens (tertiary/aromatic N) is 4. The molecule has 1 saturated heterocycles. The quantitative estimate of drug-likeness (QED) is 0.594. The lowest BCUT2D eigenvalue weighted by atomic mass is 9.98. The molecule has 7 nitrogen and oxygen atoms in total. The number of rotatable bonds is 6. The first-order valence-corrected chi connectivity index (χ1v) is 12.2. The molecule has 2 aliphatic rings. The topological polar surface area (TPSA) is 89.0 Å². The van der Waals surface area contributed by atoms with Crippen molar-refractivity contribution in [3.05, 3.63) is 69.2 Å². The average molecular weight is 501 g/mol. The van der Waals surface area contributed by atoms with Gasteiger partial charge in [-0.15, -0.1) is 0 Å². The minimum atomic E-state index is -0.206. The summed E-state index contributed by atoms with van der Waals surface area (Å²) in [7, 11) is 2.07. The van der Waals surface area contributed by atoms with Crippen LogP contribution in [0.4, 0.5) is 0 Å². The molecule has 2 aromatic rings. The Bertz CT molecular complexity index is 1080. The Labute approximate surface area is 210 Å². The van der Waals surface area contributed by atoms with E-state index in [4.69, 9.17) is 34.3 Å². The van der Waals surface area contributed by atoms with Crippen LogP contribution < -0.4 is 5.73 Å². The first-order valence-electron chi connectivity index (χ1n) is 11.5. The minimum Gasteiger partial charge on any atom is -0.386 e. The number of nitrogens with two attached hydrogens (primary N) is 1. The fourth-order valence-electron chi connectivity index (χ4n) is 4.38. The molecule has 1 fully saturated rings. The number of halogens is 2. The van der Waals surface area contributed by atoms with Gasteiger partial charge in [0.15, 0.2) is 0 Å². The van der Waals surface area contributed by atoms with Crippen molar-refractivity contribution < 1.29 is 4.79 Å². The van der Waals surface area contributed by atoms with Crippen LogP contribution in [0.25, 0.3) is 0 Å². The molecule has 4 rings (SSSR count). The molecule has 2 heterocycles. The van der Waals surface area contributed by atoms with Crippen LogP contribution in [0.2, 0.25) is 10.0 Å². The van der Waals surface area contributed by atoms with Crippen molar-refractivity contribution in [2.45, 2.75) is 19.0 Å². The molecule has 0 saturated carbocycles. The zero-order valence-corrected chi connectivity index (χ0v) is 20.8. The molecule has 0 radical (unpaired) electrons. The Kier molecular flexibility index (Phi) is 7.88. The van der Waals surface area contributed by atoms with E-state index < -0.39 is 0 Å². The summed E-state index contributed by atoms with van der Waals surface area (Å²) in [4.78, 5) is 23.5. The molecule has 2 aromatic carbocycles. The maximum atomic E-state index is 12.8. The van der Waals surface area contributed by atoms with Crippen LogP contribution >= 0.6 is 23.2 Å². The number of aliphatic imine (C=N–C) groups is 1. The Morgan fingerprint density at radius 1 is 1.06 bits per heavy atom. The van der Waals surface area contributed by atoms with Crippen LogP contribution in [-0.4, -0.2) is 84.5 Å². The second-order valence-corrected chi connectivity index (χ2v) is 9.73. The summed E-state index contributed by atoms with van der Waals surface area (Å²) in [6, 6.07) is 12.5. The monoisotopic (exact) mass is 500 g/mol. The fourth-order valence-corrected chi connectivity index (χ4v) is 4.75. The predicted octanol–water partition coefficient (Wildman–Crippen LogP) is 3.38. The first-order chi connectivity index (χ1) is 16.3. The third-order valence-electron chi connectivity index (χ3n) is 6.51. The number of likely N-dealkylation sites (N-methyl/N-ethyl adjacent to an activating group) is 1. The lowest BCUT2D eigenvalue weighted by molar-refractivity contribution is 0.0664. The van der Waals surface area contributed by atoms with Crippen molar-refractivity contribution in [1.82, 2.24) is 14.7 Å². The van der Waals surface area contributed by atoms with Gasteiger partial charge in [-0.1, -0.05) is 35.3 Å². The lowest BCUT2D eigenvalue weighted by Crippen LogP contribution is -2.50. The van der Waals surface area contributed by atoms with Gasteiger partial charge < -0.3 is 20.9 Å². The standard InChI is InChI=1S/C25H30Cl2N6O/c1-31-10-12-32(13-11-31)25(34)18-4-2-17(3-5-18)22(28)15-23-24(29)30-8-9-33(23)16-19-14-20(26)6-7-21(19)27/h2-7,14,23,28H,8-13,15-16H2,1H3,(H2,29,30). The second-order valence-electron chi connectivity index (χ2n) is 8.88. The van der Waals surface area contributed by atoms with Crippen molar-refractivity contribution in [1.29, 1.82) is 5.41 Å². The molecule has 1 unspecified atom stereocenters. The molecule has 2 aliphatic heterocycles. The Morgan fingerprint density at radius 2 is 1.74 bits per heavy atom. The molecule has 180 valence electrons. The molecule has 0 aromatic heterocycles. The number of benzene rings is 2. The number of hydrogen-bond acceptors (Lipinski definition) is 6. The average Bonchev–Trinajstić information content (AvgIpc) is 2.83. The molecule has 0 spiro atoms. The molecule has 1 atom stereocenters. The van der Waals surface area contributed by atoms with E-state index in [1.165, 1.54) is 0 Å². The summed E-state index contributed by atoms with van der Waals surface area (Å²) in [6.45, 7) is 5.15. The van der Waals surface area contributed by atoms with Gasteiger partial charge in [-0.2, -0.15) is 0 Å². The summed E-state index contributed by atoms with van der Waals surface area (Å²) >= 11 is 12.5. The summed E-state index contributed by atoms with van der Waals surface area (Å²) in [5.74, 6) is 0.565. The smallest absolute Gasteiger partial charge is 0.253 e. The number of amidine groups is 1. The molecule has 0 bridgehead atoms. The van der Waals surface area contributed by atoms with Crippen LogP contribution in [-0.2, 0) is 6.54 Å². The molecular formula is C25H30Cl2N6O. The van der Waals surface area contributed by atoms with E-state index in [1.54, 1.807) is 12.1 Å². The summed E-state index contributed by atoms with van der Waals surface area (Å²) in [6.07, 6.45) is 0.416. The number of hydrogen-bond donors (Lipinski definition) is 2. The van der Waals surface area contributed by atoms with E-state index >= 15 is 0 Å². The van der Waals surface area contributed by atoms with Gasteiger partial charge in [0.05, 0.1) is 12.6 Å². The lowest BCUT2D eigenvalue weighted by Gasteiger charge is -2.34. The summed E-state index contributed by atoms with van der Waals surface area (Å²) < 4.78 is 0. The number of nitrogens with one attached hydrogen (secondary N) is 1. The maximum absolute atomic E-state index is 12.8. The van der Waals surface area contributed by atoms with E-state index in [0.717, 1.165) is 43.9 Å². The number of amides is 1. The Hall–Kier alpha value is -2.45. The van der Waals surface area contributed by atoms with Gasteiger partial charge in [0.25, 0.3) is 5.91 Å². The van der Waals surface area contributed by atoms with Crippen molar-refractivity contribution in [3.8, 4) is 0 Å². The normalized spacial score (nSPS) is 19.7. The second kappa shape index (κ2) is 10.9. The third-order valence-corrected chi connectivity index (χ3v) is 7.12. The van der Waals surface area contributed by atoms with E-state index in [9.17, 15) is 4.79 Å². The van der Waals surface area contributed by atoms with Crippen molar-refractivity contribution in [2.24, 2.45) is 10.7 Å². The van der Waals surface area contributed by atoms with Gasteiger partial charge in [0.2, 0.25) is 0 Å². The third kappa shape index (κ3) is 5.78. The predicted molar refractivity (Wildman–Crippen MR) is 138 cm³/mol. The van der Waals surface area contributed by atoms with Crippen molar-refractivity contribution in [3.63, 3.8) is 0 Å². The number of carbonyl (C=O) groups is 1. The summed E-state index contributed by atoms with van der Waals surface area (Å²) in [5.41, 5.74) is 9.07. The highest BCUT2D eigenvalue weighted by Gasteiger charge is 2.28. The molecule has 1 amide bonds. The van der Waals surface area contributed by atoms with Crippen LogP contribution in [0.15, 0.2) is 47.5 Å². The fraction of sp³-hybridized carbons (Fsp3) is 0.400. The van der Waals surface area contributed by atoms with E-state index in [0.29, 0.717) is 46.7 Å². The highest BCUT2D eigenvalue weighted by atomic mass is 35.5. The molecule has 34 heavy (non-hydrogen) atoms. The van der Waals surface area contributed by atoms with Crippen molar-refractivity contribution in [2.75, 3.05) is 46.3 Å². The zero-order valence-electron chi connectivity index (χ0n) is 19.3. The van der Waals surface area contributed by atoms with Crippen LogP contribution in [0.3, 0.4) is 0 Å². The van der Waals surface area contributed by atoms with Gasteiger partial charge in [0.1, 0.15) is 5.84 Å². The van der Waals surface area contributed by atoms with Crippen LogP contribution in [0.5, 0.6) is 0 Å². The van der Waals surface area contributed by atoms with Gasteiger partial charge in [-0.3, -0.25) is 14.7 Å². The SMILES string of the molecule is CN1CCN(C(=O)c2ccc(C(=N)CC3C(N)=NCCN3Cc3cc(Cl)ccc3Cl)cc2)CC1. The van der Waals surface area contributed by atoms with E-state index in [2.05, 4.69) is 21.8 Å². The van der Waals surface area contributed by atoms with Gasteiger partial charge >= 0.3 is 0 Å². The van der Waals surface area contributed by atoms with Gasteiger partial charge in [-0.25, -0.2) is 0 Å². The van der Waals surface area contributed by atoms with Gasteiger partial charge in [-0.05, 0) is 48.5 Å². The van der Waals surface area contributed by atoms with E-state index in [-0.39, 0.29) is 11.9 Å². The molecular weight excluding hydrogens is 471 g/mol. The maximum Gasteiger partial charge on any atom is 0.253 e. The Morgan fingerprint density at radius 3 is 2.44 bits per heavy atom. The van der Waals surface area contributed by atoms with Crippen LogP contribution in [0, 0.1) is 5.41 Å². The minimum absolute atomic E-state index is 0.0411. The molecule has 3 N–H and O–H groups in total. The highest BCUT2D eigenvalue weighted by molar-refractivity contribution is 6.33. The molecule has 9 heteroatoms. The summed E-state index contributed by atoms with van der Waals surface area (Å²) in [5, 5.41) is 10.00.